The Morgan fingerprint density at radius 1 is 1.00 bits per heavy atom. The first kappa shape index (κ1) is 27.4. The second-order valence-corrected chi connectivity index (χ2v) is 9.45. The number of methoxy groups -OCH3 is 2. The molecule has 0 unspecified atom stereocenters. The fraction of sp³-hybridized carbons (Fsp3) is 0.200. The van der Waals surface area contributed by atoms with Gasteiger partial charge in [-0.25, -0.2) is 14.2 Å². The van der Waals surface area contributed by atoms with Crippen LogP contribution in [-0.2, 0) is 11.3 Å². The average molecular weight is 557 g/mol. The Bertz CT molecular complexity index is 1690. The molecule has 3 aromatic carbocycles. The summed E-state index contributed by atoms with van der Waals surface area (Å²) in [6, 6.07) is 18.0. The van der Waals surface area contributed by atoms with Crippen LogP contribution in [0.4, 0.5) is 27.5 Å². The first-order valence-corrected chi connectivity index (χ1v) is 12.9. The number of rotatable bonds is 10. The maximum absolute atomic E-state index is 14.5. The zero-order valence-electron chi connectivity index (χ0n) is 23.0. The van der Waals surface area contributed by atoms with Gasteiger partial charge < -0.3 is 24.8 Å². The lowest BCUT2D eigenvalue weighted by Gasteiger charge is -2.12. The van der Waals surface area contributed by atoms with Gasteiger partial charge in [0.2, 0.25) is 5.95 Å². The molecule has 0 saturated carbocycles. The standard InChI is InChI=1S/C30H29FN6O4/c1-18(2)41-24-11-9-22(10-12-24)33-28-25(31)15-32-30(35-28)34-23-8-7-20-16-37(36-26(20)14-23)17-21-6-5-19(29(38)40-4)13-27(21)39-3/h5-16,18H,17H2,1-4H3,(H2,32,33,34,35). The fourth-order valence-corrected chi connectivity index (χ4v) is 4.19. The maximum Gasteiger partial charge on any atom is 0.337 e. The summed E-state index contributed by atoms with van der Waals surface area (Å²) in [5, 5.41) is 11.7. The van der Waals surface area contributed by atoms with Crippen LogP contribution in [0.25, 0.3) is 10.9 Å². The summed E-state index contributed by atoms with van der Waals surface area (Å²) in [5.74, 6) is 0.540. The Balaban J connectivity index is 1.30. The van der Waals surface area contributed by atoms with Crippen LogP contribution in [0.2, 0.25) is 0 Å². The lowest BCUT2D eigenvalue weighted by Crippen LogP contribution is -2.06. The number of hydrogen-bond acceptors (Lipinski definition) is 9. The molecule has 10 nitrogen and oxygen atoms in total. The van der Waals surface area contributed by atoms with E-state index in [1.165, 1.54) is 7.11 Å². The Labute approximate surface area is 236 Å². The van der Waals surface area contributed by atoms with Crippen molar-refractivity contribution in [2.45, 2.75) is 26.5 Å². The van der Waals surface area contributed by atoms with Crippen LogP contribution < -0.4 is 20.1 Å². The molecule has 5 rings (SSSR count). The summed E-state index contributed by atoms with van der Waals surface area (Å²) >= 11 is 0. The Hall–Kier alpha value is -5.19. The molecule has 41 heavy (non-hydrogen) atoms. The van der Waals surface area contributed by atoms with Crippen molar-refractivity contribution in [3.63, 3.8) is 0 Å². The van der Waals surface area contributed by atoms with E-state index in [9.17, 15) is 9.18 Å². The molecule has 0 fully saturated rings. The molecule has 2 N–H and O–H groups in total. The predicted molar refractivity (Wildman–Crippen MR) is 154 cm³/mol. The smallest absolute Gasteiger partial charge is 0.337 e. The lowest BCUT2D eigenvalue weighted by atomic mass is 10.1. The van der Waals surface area contributed by atoms with Gasteiger partial charge in [-0.2, -0.15) is 10.1 Å². The third-order valence-corrected chi connectivity index (χ3v) is 6.08. The van der Waals surface area contributed by atoms with Crippen LogP contribution >= 0.6 is 0 Å². The molecule has 0 spiro atoms. The van der Waals surface area contributed by atoms with Crippen LogP contribution in [0.5, 0.6) is 11.5 Å². The third-order valence-electron chi connectivity index (χ3n) is 6.08. The first-order valence-electron chi connectivity index (χ1n) is 12.9. The molecule has 5 aromatic rings. The van der Waals surface area contributed by atoms with Crippen LogP contribution in [-0.4, -0.2) is 46.0 Å². The number of anilines is 4. The zero-order valence-corrected chi connectivity index (χ0v) is 23.0. The van der Waals surface area contributed by atoms with E-state index < -0.39 is 11.8 Å². The highest BCUT2D eigenvalue weighted by molar-refractivity contribution is 5.90. The number of ether oxygens (including phenoxy) is 3. The number of hydrogen-bond donors (Lipinski definition) is 2. The quantitative estimate of drug-likeness (QED) is 0.198. The molecule has 0 atom stereocenters. The van der Waals surface area contributed by atoms with Gasteiger partial charge in [0.15, 0.2) is 11.6 Å². The zero-order chi connectivity index (χ0) is 28.9. The van der Waals surface area contributed by atoms with Crippen molar-refractivity contribution in [1.82, 2.24) is 19.7 Å². The summed E-state index contributed by atoms with van der Waals surface area (Å²) < 4.78 is 32.2. The molecule has 210 valence electrons. The average Bonchev–Trinajstić information content (AvgIpc) is 3.37. The number of halogens is 1. The van der Waals surface area contributed by atoms with E-state index in [1.807, 2.05) is 56.4 Å². The van der Waals surface area contributed by atoms with Crippen LogP contribution in [0.3, 0.4) is 0 Å². The van der Waals surface area contributed by atoms with E-state index >= 15 is 0 Å². The molecular weight excluding hydrogens is 527 g/mol. The van der Waals surface area contributed by atoms with Gasteiger partial charge in [-0.05, 0) is 68.4 Å². The lowest BCUT2D eigenvalue weighted by molar-refractivity contribution is 0.0600. The summed E-state index contributed by atoms with van der Waals surface area (Å²) in [4.78, 5) is 20.2. The summed E-state index contributed by atoms with van der Waals surface area (Å²) in [7, 11) is 2.89. The van der Waals surface area contributed by atoms with Crippen molar-refractivity contribution in [2.24, 2.45) is 0 Å². The summed E-state index contributed by atoms with van der Waals surface area (Å²) in [5.41, 5.74) is 3.35. The molecule has 2 heterocycles. The minimum Gasteiger partial charge on any atom is -0.496 e. The fourth-order valence-electron chi connectivity index (χ4n) is 4.19. The van der Waals surface area contributed by atoms with Crippen LogP contribution in [0.1, 0.15) is 29.8 Å². The molecule has 0 saturated heterocycles. The van der Waals surface area contributed by atoms with Gasteiger partial charge in [-0.15, -0.1) is 0 Å². The number of carbonyl (C=O) groups is 1. The number of aromatic nitrogens is 4. The molecule has 2 aromatic heterocycles. The molecule has 0 amide bonds. The molecule has 0 aliphatic heterocycles. The third kappa shape index (κ3) is 6.52. The second-order valence-electron chi connectivity index (χ2n) is 9.45. The minimum atomic E-state index is -0.581. The minimum absolute atomic E-state index is 0.0394. The van der Waals surface area contributed by atoms with E-state index in [0.29, 0.717) is 29.2 Å². The van der Waals surface area contributed by atoms with Gasteiger partial charge >= 0.3 is 5.97 Å². The van der Waals surface area contributed by atoms with E-state index in [2.05, 4.69) is 25.7 Å². The van der Waals surface area contributed by atoms with Crippen LogP contribution in [0.15, 0.2) is 73.1 Å². The monoisotopic (exact) mass is 556 g/mol. The maximum atomic E-state index is 14.5. The van der Waals surface area contributed by atoms with E-state index in [0.717, 1.165) is 28.4 Å². The Morgan fingerprint density at radius 3 is 2.51 bits per heavy atom. The molecule has 0 aliphatic rings. The first-order chi connectivity index (χ1) is 19.8. The van der Waals surface area contributed by atoms with E-state index in [-0.39, 0.29) is 17.9 Å². The van der Waals surface area contributed by atoms with Crippen molar-refractivity contribution < 1.29 is 23.4 Å². The largest absolute Gasteiger partial charge is 0.496 e. The number of nitrogens with one attached hydrogen (secondary N) is 2. The van der Waals surface area contributed by atoms with Gasteiger partial charge in [0, 0.05) is 28.5 Å². The topological polar surface area (TPSA) is 112 Å². The number of esters is 1. The summed E-state index contributed by atoms with van der Waals surface area (Å²) in [6.45, 7) is 4.33. The molecule has 0 aliphatic carbocycles. The highest BCUT2D eigenvalue weighted by atomic mass is 19.1. The van der Waals surface area contributed by atoms with Crippen molar-refractivity contribution in [3.05, 3.63) is 90.0 Å². The number of benzene rings is 3. The summed E-state index contributed by atoms with van der Waals surface area (Å²) in [6.07, 6.45) is 3.09. The number of nitrogens with zero attached hydrogens (tertiary/aromatic N) is 4. The molecule has 11 heteroatoms. The molecule has 0 radical (unpaired) electrons. The van der Waals surface area contributed by atoms with Gasteiger partial charge in [-0.1, -0.05) is 6.07 Å². The Kier molecular flexibility index (Phi) is 7.95. The Morgan fingerprint density at radius 2 is 1.78 bits per heavy atom. The number of carbonyl (C=O) groups excluding carboxylic acids is 1. The van der Waals surface area contributed by atoms with Gasteiger partial charge in [0.25, 0.3) is 0 Å². The van der Waals surface area contributed by atoms with Gasteiger partial charge in [0.05, 0.1) is 44.1 Å². The highest BCUT2D eigenvalue weighted by Gasteiger charge is 2.13. The van der Waals surface area contributed by atoms with Gasteiger partial charge in [-0.3, -0.25) is 4.68 Å². The molecule has 0 bridgehead atoms. The normalized spacial score (nSPS) is 11.0. The number of fused-ring (bicyclic) bond motifs is 1. The van der Waals surface area contributed by atoms with Crippen molar-refractivity contribution in [2.75, 3.05) is 24.9 Å². The van der Waals surface area contributed by atoms with Crippen LogP contribution in [0, 0.1) is 5.82 Å². The predicted octanol–water partition coefficient (Wildman–Crippen LogP) is 6.08. The van der Waals surface area contributed by atoms with Gasteiger partial charge in [0.1, 0.15) is 11.5 Å². The van der Waals surface area contributed by atoms with Crippen molar-refractivity contribution in [1.29, 1.82) is 0 Å². The SMILES string of the molecule is COC(=O)c1ccc(Cn2cc3ccc(Nc4ncc(F)c(Nc5ccc(OC(C)C)cc5)n4)cc3n2)c(OC)c1. The molecular formula is C30H29FN6O4. The second kappa shape index (κ2) is 11.9. The highest BCUT2D eigenvalue weighted by Crippen LogP contribution is 2.26. The van der Waals surface area contributed by atoms with E-state index in [1.54, 1.807) is 36.1 Å². The van der Waals surface area contributed by atoms with Crippen molar-refractivity contribution >= 4 is 40.0 Å². The van der Waals surface area contributed by atoms with Crippen molar-refractivity contribution in [3.8, 4) is 11.5 Å². The van der Waals surface area contributed by atoms with E-state index in [4.69, 9.17) is 14.2 Å².